The molecule has 1 aliphatic rings. The first kappa shape index (κ1) is 14.3. The molecule has 3 nitrogen and oxygen atoms in total. The summed E-state index contributed by atoms with van der Waals surface area (Å²) in [6.45, 7) is 3.81. The number of anilines is 1. The van der Waals surface area contributed by atoms with E-state index in [0.717, 1.165) is 35.2 Å². The first-order valence-corrected chi connectivity index (χ1v) is 7.83. The van der Waals surface area contributed by atoms with Gasteiger partial charge < -0.3 is 10.6 Å². The number of nitrogens with one attached hydrogen (secondary N) is 2. The predicted molar refractivity (Wildman–Crippen MR) is 88.7 cm³/mol. The summed E-state index contributed by atoms with van der Waals surface area (Å²) < 4.78 is 0.923. The highest BCUT2D eigenvalue weighted by atomic mass is 79.9. The van der Waals surface area contributed by atoms with Gasteiger partial charge in [0.15, 0.2) is 0 Å². The lowest BCUT2D eigenvalue weighted by Gasteiger charge is -2.20. The number of hydrogen-bond donors (Lipinski definition) is 2. The monoisotopic (exact) mass is 344 g/mol. The van der Waals surface area contributed by atoms with Crippen LogP contribution in [0.25, 0.3) is 0 Å². The van der Waals surface area contributed by atoms with Crippen LogP contribution in [0.3, 0.4) is 0 Å². The normalized spacial score (nSPS) is 13.6. The molecule has 0 saturated heterocycles. The highest BCUT2D eigenvalue weighted by Gasteiger charge is 2.15. The van der Waals surface area contributed by atoms with Gasteiger partial charge in [-0.05, 0) is 60.8 Å². The van der Waals surface area contributed by atoms with Crippen LogP contribution in [0, 0.1) is 6.92 Å². The van der Waals surface area contributed by atoms with Gasteiger partial charge in [0.2, 0.25) is 0 Å². The minimum absolute atomic E-state index is 0.0636. The Morgan fingerprint density at radius 1 is 1.29 bits per heavy atom. The summed E-state index contributed by atoms with van der Waals surface area (Å²) in [4.78, 5) is 12.5. The first-order chi connectivity index (χ1) is 10.1. The highest BCUT2D eigenvalue weighted by molar-refractivity contribution is 9.10. The molecule has 0 atom stereocenters. The van der Waals surface area contributed by atoms with Crippen molar-refractivity contribution in [2.24, 2.45) is 0 Å². The van der Waals surface area contributed by atoms with Crippen LogP contribution < -0.4 is 10.6 Å². The molecular formula is C17H17BrN2O. The number of hydrogen-bond acceptors (Lipinski definition) is 2. The molecule has 2 aromatic carbocycles. The molecule has 2 N–H and O–H groups in total. The van der Waals surface area contributed by atoms with Gasteiger partial charge in [0, 0.05) is 22.3 Å². The van der Waals surface area contributed by atoms with E-state index in [2.05, 4.69) is 32.6 Å². The summed E-state index contributed by atoms with van der Waals surface area (Å²) >= 11 is 3.44. The number of fused-ring (bicyclic) bond motifs is 1. The van der Waals surface area contributed by atoms with E-state index in [9.17, 15) is 4.79 Å². The van der Waals surface area contributed by atoms with Crippen molar-refractivity contribution in [2.45, 2.75) is 19.9 Å². The number of carbonyl (C=O) groups is 1. The summed E-state index contributed by atoms with van der Waals surface area (Å²) in [5.74, 6) is -0.0636. The third kappa shape index (κ3) is 3.17. The molecule has 1 heterocycles. The molecule has 0 unspecified atom stereocenters. The maximum atomic E-state index is 12.5. The Morgan fingerprint density at radius 3 is 2.95 bits per heavy atom. The average Bonchev–Trinajstić information content (AvgIpc) is 2.46. The molecule has 0 bridgehead atoms. The van der Waals surface area contributed by atoms with Gasteiger partial charge in [-0.2, -0.15) is 0 Å². The van der Waals surface area contributed by atoms with E-state index < -0.39 is 0 Å². The van der Waals surface area contributed by atoms with Crippen molar-refractivity contribution >= 4 is 27.5 Å². The standard InChI is InChI=1S/C17H17BrN2O/c1-11-7-13(9-14(18)8-11)17(21)20-16-4-2-3-12-10-19-6-5-15(12)16/h2-4,7-9,19H,5-6,10H2,1H3,(H,20,21). The highest BCUT2D eigenvalue weighted by Crippen LogP contribution is 2.24. The van der Waals surface area contributed by atoms with E-state index in [1.807, 2.05) is 37.3 Å². The van der Waals surface area contributed by atoms with Gasteiger partial charge in [-0.1, -0.05) is 28.1 Å². The lowest BCUT2D eigenvalue weighted by Crippen LogP contribution is -2.25. The van der Waals surface area contributed by atoms with Crippen molar-refractivity contribution in [3.05, 3.63) is 63.1 Å². The van der Waals surface area contributed by atoms with Crippen molar-refractivity contribution in [3.8, 4) is 0 Å². The van der Waals surface area contributed by atoms with Crippen LogP contribution in [0.1, 0.15) is 27.0 Å². The minimum Gasteiger partial charge on any atom is -0.322 e. The van der Waals surface area contributed by atoms with Crippen LogP contribution in [-0.4, -0.2) is 12.5 Å². The Morgan fingerprint density at radius 2 is 2.14 bits per heavy atom. The summed E-state index contributed by atoms with van der Waals surface area (Å²) in [5, 5.41) is 6.40. The quantitative estimate of drug-likeness (QED) is 0.872. The molecule has 21 heavy (non-hydrogen) atoms. The van der Waals surface area contributed by atoms with Crippen molar-refractivity contribution in [3.63, 3.8) is 0 Å². The van der Waals surface area contributed by atoms with Crippen molar-refractivity contribution in [1.29, 1.82) is 0 Å². The third-order valence-corrected chi connectivity index (χ3v) is 4.15. The van der Waals surface area contributed by atoms with Gasteiger partial charge in [0.25, 0.3) is 5.91 Å². The van der Waals surface area contributed by atoms with E-state index in [0.29, 0.717) is 5.56 Å². The smallest absolute Gasteiger partial charge is 0.255 e. The Balaban J connectivity index is 1.88. The maximum absolute atomic E-state index is 12.5. The molecule has 1 aliphatic heterocycles. The topological polar surface area (TPSA) is 41.1 Å². The lowest BCUT2D eigenvalue weighted by molar-refractivity contribution is 0.102. The fraction of sp³-hybridized carbons (Fsp3) is 0.235. The van der Waals surface area contributed by atoms with Crippen LogP contribution in [-0.2, 0) is 13.0 Å². The Kier molecular flexibility index (Phi) is 4.08. The second-order valence-electron chi connectivity index (χ2n) is 5.34. The van der Waals surface area contributed by atoms with Crippen molar-refractivity contribution in [2.75, 3.05) is 11.9 Å². The van der Waals surface area contributed by atoms with E-state index in [1.165, 1.54) is 11.1 Å². The molecule has 0 fully saturated rings. The Labute approximate surface area is 132 Å². The number of carbonyl (C=O) groups excluding carboxylic acids is 1. The Bertz CT molecular complexity index is 677. The van der Waals surface area contributed by atoms with Gasteiger partial charge in [-0.3, -0.25) is 4.79 Å². The van der Waals surface area contributed by atoms with Gasteiger partial charge in [0.05, 0.1) is 0 Å². The van der Waals surface area contributed by atoms with Gasteiger partial charge in [-0.15, -0.1) is 0 Å². The maximum Gasteiger partial charge on any atom is 0.255 e. The zero-order valence-corrected chi connectivity index (χ0v) is 13.5. The van der Waals surface area contributed by atoms with Crippen LogP contribution in [0.15, 0.2) is 40.9 Å². The van der Waals surface area contributed by atoms with Gasteiger partial charge in [0.1, 0.15) is 0 Å². The molecular weight excluding hydrogens is 328 g/mol. The van der Waals surface area contributed by atoms with Crippen molar-refractivity contribution in [1.82, 2.24) is 5.32 Å². The summed E-state index contributed by atoms with van der Waals surface area (Å²) in [6.07, 6.45) is 0.948. The molecule has 0 saturated carbocycles. The second kappa shape index (κ2) is 6.00. The number of benzene rings is 2. The number of aryl methyl sites for hydroxylation is 1. The zero-order chi connectivity index (χ0) is 14.8. The lowest BCUT2D eigenvalue weighted by atomic mass is 9.99. The first-order valence-electron chi connectivity index (χ1n) is 7.03. The predicted octanol–water partition coefficient (Wildman–Crippen LogP) is 3.66. The fourth-order valence-corrected chi connectivity index (χ4v) is 3.32. The van der Waals surface area contributed by atoms with Crippen LogP contribution >= 0.6 is 15.9 Å². The number of amides is 1. The Hall–Kier alpha value is -1.65. The van der Waals surface area contributed by atoms with Crippen LogP contribution in [0.4, 0.5) is 5.69 Å². The molecule has 0 aromatic heterocycles. The summed E-state index contributed by atoms with van der Waals surface area (Å²) in [5.41, 5.74) is 5.18. The summed E-state index contributed by atoms with van der Waals surface area (Å²) in [7, 11) is 0. The van der Waals surface area contributed by atoms with Crippen LogP contribution in [0.5, 0.6) is 0 Å². The molecule has 4 heteroatoms. The SMILES string of the molecule is Cc1cc(Br)cc(C(=O)Nc2cccc3c2CCNC3)c1. The number of halogens is 1. The summed E-state index contributed by atoms with van der Waals surface area (Å²) in [6, 6.07) is 11.8. The third-order valence-electron chi connectivity index (χ3n) is 3.69. The van der Waals surface area contributed by atoms with E-state index in [-0.39, 0.29) is 5.91 Å². The van der Waals surface area contributed by atoms with E-state index in [1.54, 1.807) is 0 Å². The molecule has 0 aliphatic carbocycles. The zero-order valence-electron chi connectivity index (χ0n) is 11.9. The van der Waals surface area contributed by atoms with E-state index in [4.69, 9.17) is 0 Å². The largest absolute Gasteiger partial charge is 0.322 e. The van der Waals surface area contributed by atoms with Gasteiger partial charge >= 0.3 is 0 Å². The van der Waals surface area contributed by atoms with Gasteiger partial charge in [-0.25, -0.2) is 0 Å². The molecule has 108 valence electrons. The minimum atomic E-state index is -0.0636. The van der Waals surface area contributed by atoms with Crippen LogP contribution in [0.2, 0.25) is 0 Å². The number of rotatable bonds is 2. The molecule has 0 radical (unpaired) electrons. The average molecular weight is 345 g/mol. The van der Waals surface area contributed by atoms with Crippen molar-refractivity contribution < 1.29 is 4.79 Å². The molecule has 1 amide bonds. The fourth-order valence-electron chi connectivity index (χ4n) is 2.71. The molecule has 2 aromatic rings. The second-order valence-corrected chi connectivity index (χ2v) is 6.26. The van der Waals surface area contributed by atoms with E-state index >= 15 is 0 Å². The molecule has 0 spiro atoms. The molecule has 3 rings (SSSR count).